The molecule has 8 heteroatoms. The zero-order chi connectivity index (χ0) is 15.9. The summed E-state index contributed by atoms with van der Waals surface area (Å²) in [6.07, 6.45) is -6.95. The molecule has 1 aliphatic rings. The zero-order valence-electron chi connectivity index (χ0n) is 11.5. The second kappa shape index (κ2) is 5.06. The van der Waals surface area contributed by atoms with Crippen molar-refractivity contribution in [3.8, 4) is 0 Å². The number of hydrogen-bond acceptors (Lipinski definition) is 4. The smallest absolute Gasteiger partial charge is 0.425 e. The topological polar surface area (TPSA) is 72.5 Å². The summed E-state index contributed by atoms with van der Waals surface area (Å²) in [5.74, 6) is -4.24. The molecule has 0 spiro atoms. The van der Waals surface area contributed by atoms with Crippen LogP contribution in [0.5, 0.6) is 0 Å². The van der Waals surface area contributed by atoms with E-state index in [1.165, 1.54) is 20.8 Å². The number of nitrogens with one attached hydrogen (secondary N) is 1. The van der Waals surface area contributed by atoms with Gasteiger partial charge in [-0.25, -0.2) is 0 Å². The SMILES string of the molecule is CC1C(=O)NC(=O)C1C(C)(C)C(=O)OC(C)C(F)(F)F. The normalized spacial score (nSPS) is 25.4. The van der Waals surface area contributed by atoms with E-state index in [2.05, 4.69) is 10.1 Å². The predicted octanol–water partition coefficient (Wildman–Crippen LogP) is 1.42. The van der Waals surface area contributed by atoms with E-state index in [-0.39, 0.29) is 0 Å². The third-order valence-electron chi connectivity index (χ3n) is 3.49. The Morgan fingerprint density at radius 2 is 1.75 bits per heavy atom. The van der Waals surface area contributed by atoms with Crippen LogP contribution in [0.4, 0.5) is 13.2 Å². The van der Waals surface area contributed by atoms with Gasteiger partial charge in [-0.2, -0.15) is 13.2 Å². The summed E-state index contributed by atoms with van der Waals surface area (Å²) < 4.78 is 41.5. The molecule has 1 N–H and O–H groups in total. The van der Waals surface area contributed by atoms with Gasteiger partial charge in [0.25, 0.3) is 0 Å². The number of amides is 2. The molecule has 0 bridgehead atoms. The molecule has 20 heavy (non-hydrogen) atoms. The molecule has 5 nitrogen and oxygen atoms in total. The molecule has 3 unspecified atom stereocenters. The minimum absolute atomic E-state index is 0.551. The second-order valence-corrected chi connectivity index (χ2v) is 5.43. The number of esters is 1. The van der Waals surface area contributed by atoms with Gasteiger partial charge >= 0.3 is 12.1 Å². The number of hydrogen-bond donors (Lipinski definition) is 1. The van der Waals surface area contributed by atoms with Crippen molar-refractivity contribution in [2.75, 3.05) is 0 Å². The molecule has 1 saturated heterocycles. The number of rotatable bonds is 3. The summed E-state index contributed by atoms with van der Waals surface area (Å²) in [6.45, 7) is 4.72. The maximum atomic E-state index is 12.4. The Morgan fingerprint density at radius 3 is 2.10 bits per heavy atom. The Bertz CT molecular complexity index is 444. The van der Waals surface area contributed by atoms with Crippen molar-refractivity contribution in [2.24, 2.45) is 17.3 Å². The number of ether oxygens (including phenoxy) is 1. The standard InChI is InChI=1S/C12H16F3NO4/c1-5-7(9(18)16-8(5)17)11(3,4)10(19)20-6(2)12(13,14)15/h5-7H,1-4H3,(H,16,17,18). The lowest BCUT2D eigenvalue weighted by atomic mass is 9.73. The molecule has 0 aliphatic carbocycles. The van der Waals surface area contributed by atoms with Crippen molar-refractivity contribution in [1.29, 1.82) is 0 Å². The Morgan fingerprint density at radius 1 is 1.25 bits per heavy atom. The van der Waals surface area contributed by atoms with E-state index >= 15 is 0 Å². The van der Waals surface area contributed by atoms with Crippen LogP contribution in [0, 0.1) is 17.3 Å². The van der Waals surface area contributed by atoms with Crippen molar-refractivity contribution >= 4 is 17.8 Å². The third-order valence-corrected chi connectivity index (χ3v) is 3.49. The Kier molecular flexibility index (Phi) is 4.17. The highest BCUT2D eigenvalue weighted by Gasteiger charge is 2.53. The third kappa shape index (κ3) is 2.94. The first-order chi connectivity index (χ1) is 8.89. The molecule has 0 radical (unpaired) electrons. The van der Waals surface area contributed by atoms with Crippen LogP contribution in [0.2, 0.25) is 0 Å². The van der Waals surface area contributed by atoms with Crippen LogP contribution in [-0.4, -0.2) is 30.1 Å². The summed E-state index contributed by atoms with van der Waals surface area (Å²) in [4.78, 5) is 34.9. The Balaban J connectivity index is 2.91. The largest absolute Gasteiger partial charge is 0.453 e. The summed E-state index contributed by atoms with van der Waals surface area (Å²) in [7, 11) is 0. The molecule has 1 rings (SSSR count). The van der Waals surface area contributed by atoms with E-state index in [9.17, 15) is 27.6 Å². The molecule has 1 heterocycles. The first-order valence-electron chi connectivity index (χ1n) is 6.01. The average Bonchev–Trinajstić information content (AvgIpc) is 2.51. The number of carbonyl (C=O) groups is 3. The van der Waals surface area contributed by atoms with Gasteiger partial charge in [-0.3, -0.25) is 19.7 Å². The molecule has 1 fully saturated rings. The molecule has 0 saturated carbocycles. The number of carbonyl (C=O) groups excluding carboxylic acids is 3. The van der Waals surface area contributed by atoms with Gasteiger partial charge in [0.05, 0.1) is 11.3 Å². The lowest BCUT2D eigenvalue weighted by molar-refractivity contribution is -0.222. The predicted molar refractivity (Wildman–Crippen MR) is 61.2 cm³/mol. The van der Waals surface area contributed by atoms with Crippen molar-refractivity contribution in [1.82, 2.24) is 5.32 Å². The molecular formula is C12H16F3NO4. The molecule has 0 aromatic heterocycles. The van der Waals surface area contributed by atoms with E-state index in [4.69, 9.17) is 0 Å². The van der Waals surface area contributed by atoms with E-state index in [0.717, 1.165) is 0 Å². The monoisotopic (exact) mass is 295 g/mol. The van der Waals surface area contributed by atoms with Gasteiger partial charge in [0.2, 0.25) is 11.8 Å². The van der Waals surface area contributed by atoms with Crippen LogP contribution in [-0.2, 0) is 19.1 Å². The fourth-order valence-electron chi connectivity index (χ4n) is 2.15. The van der Waals surface area contributed by atoms with Crippen LogP contribution in [0.25, 0.3) is 0 Å². The molecular weight excluding hydrogens is 279 g/mol. The van der Waals surface area contributed by atoms with Crippen molar-refractivity contribution < 1.29 is 32.3 Å². The molecule has 0 aromatic carbocycles. The van der Waals surface area contributed by atoms with Gasteiger partial charge in [0.15, 0.2) is 6.10 Å². The van der Waals surface area contributed by atoms with Crippen molar-refractivity contribution in [3.05, 3.63) is 0 Å². The highest BCUT2D eigenvalue weighted by atomic mass is 19.4. The van der Waals surface area contributed by atoms with Crippen LogP contribution in [0.1, 0.15) is 27.7 Å². The molecule has 2 amide bonds. The fraction of sp³-hybridized carbons (Fsp3) is 0.750. The van der Waals surface area contributed by atoms with Crippen molar-refractivity contribution in [3.63, 3.8) is 0 Å². The first-order valence-corrected chi connectivity index (χ1v) is 6.01. The highest BCUT2D eigenvalue weighted by Crippen LogP contribution is 2.38. The van der Waals surface area contributed by atoms with Gasteiger partial charge in [0, 0.05) is 5.92 Å². The molecule has 0 aromatic rings. The van der Waals surface area contributed by atoms with Crippen LogP contribution in [0.15, 0.2) is 0 Å². The van der Waals surface area contributed by atoms with E-state index < -0.39 is 47.3 Å². The van der Waals surface area contributed by atoms with Gasteiger partial charge < -0.3 is 4.74 Å². The molecule has 3 atom stereocenters. The second-order valence-electron chi connectivity index (χ2n) is 5.43. The summed E-state index contributed by atoms with van der Waals surface area (Å²) in [6, 6.07) is 0. The minimum atomic E-state index is -4.68. The van der Waals surface area contributed by atoms with Crippen molar-refractivity contribution in [2.45, 2.75) is 40.0 Å². The lowest BCUT2D eigenvalue weighted by Crippen LogP contribution is -2.43. The zero-order valence-corrected chi connectivity index (χ0v) is 11.5. The number of imide groups is 1. The van der Waals surface area contributed by atoms with Gasteiger partial charge in [-0.05, 0) is 20.8 Å². The van der Waals surface area contributed by atoms with E-state index in [1.54, 1.807) is 0 Å². The first kappa shape index (κ1) is 16.5. The summed E-state index contributed by atoms with van der Waals surface area (Å²) in [5, 5.41) is 2.05. The number of alkyl halides is 3. The lowest BCUT2D eigenvalue weighted by Gasteiger charge is -2.30. The molecule has 114 valence electrons. The van der Waals surface area contributed by atoms with Gasteiger partial charge in [-0.15, -0.1) is 0 Å². The molecule has 1 aliphatic heterocycles. The van der Waals surface area contributed by atoms with Crippen LogP contribution < -0.4 is 5.32 Å². The van der Waals surface area contributed by atoms with Gasteiger partial charge in [-0.1, -0.05) is 6.92 Å². The summed E-state index contributed by atoms with van der Waals surface area (Å²) >= 11 is 0. The number of halogens is 3. The summed E-state index contributed by atoms with van der Waals surface area (Å²) in [5.41, 5.74) is -1.53. The van der Waals surface area contributed by atoms with Crippen LogP contribution >= 0.6 is 0 Å². The van der Waals surface area contributed by atoms with Gasteiger partial charge in [0.1, 0.15) is 0 Å². The average molecular weight is 295 g/mol. The van der Waals surface area contributed by atoms with E-state index in [0.29, 0.717) is 6.92 Å². The highest BCUT2D eigenvalue weighted by molar-refractivity contribution is 6.07. The Hall–Kier alpha value is -1.60. The fourth-order valence-corrected chi connectivity index (χ4v) is 2.15. The van der Waals surface area contributed by atoms with Crippen LogP contribution in [0.3, 0.4) is 0 Å². The quantitative estimate of drug-likeness (QED) is 0.631. The van der Waals surface area contributed by atoms with E-state index in [1.807, 2.05) is 0 Å². The Labute approximate surface area is 113 Å². The minimum Gasteiger partial charge on any atom is -0.453 e. The maximum Gasteiger partial charge on any atom is 0.425 e. The maximum absolute atomic E-state index is 12.4.